The molecule has 158 valence electrons. The molecule has 0 spiro atoms. The van der Waals surface area contributed by atoms with Crippen molar-refractivity contribution in [2.45, 2.75) is 39.8 Å². The average molecular weight is 410 g/mol. The van der Waals surface area contributed by atoms with Crippen LogP contribution in [0.2, 0.25) is 0 Å². The van der Waals surface area contributed by atoms with E-state index in [0.29, 0.717) is 6.54 Å². The summed E-state index contributed by atoms with van der Waals surface area (Å²) in [7, 11) is -3.27. The summed E-state index contributed by atoms with van der Waals surface area (Å²) in [5, 5.41) is 3.34. The van der Waals surface area contributed by atoms with Gasteiger partial charge in [0.15, 0.2) is 5.96 Å². The zero-order valence-corrected chi connectivity index (χ0v) is 18.6. The van der Waals surface area contributed by atoms with Crippen LogP contribution < -0.4 is 10.0 Å². The lowest BCUT2D eigenvalue weighted by atomic mass is 10.1. The molecule has 0 aromatic heterocycles. The predicted octanol–water partition coefficient (Wildman–Crippen LogP) is 1.41. The van der Waals surface area contributed by atoms with E-state index in [2.05, 4.69) is 51.0 Å². The number of aliphatic imine (C=N–C) groups is 1. The molecule has 7 nitrogen and oxygen atoms in total. The van der Waals surface area contributed by atoms with Gasteiger partial charge in [-0.25, -0.2) is 13.1 Å². The number of guanidine groups is 1. The summed E-state index contributed by atoms with van der Waals surface area (Å²) in [6.07, 6.45) is 1.18. The van der Waals surface area contributed by atoms with Crippen LogP contribution in [0.5, 0.6) is 0 Å². The maximum atomic E-state index is 11.5. The van der Waals surface area contributed by atoms with Gasteiger partial charge in [0.05, 0.1) is 12.8 Å². The second-order valence-corrected chi connectivity index (χ2v) is 9.93. The van der Waals surface area contributed by atoms with E-state index in [9.17, 15) is 8.42 Å². The van der Waals surface area contributed by atoms with E-state index in [1.54, 1.807) is 0 Å². The van der Waals surface area contributed by atoms with E-state index >= 15 is 0 Å². The molecule has 0 atom stereocenters. The van der Waals surface area contributed by atoms with Crippen LogP contribution in [-0.2, 0) is 16.6 Å². The number of nitrogens with zero attached hydrogens (tertiary/aromatic N) is 3. The summed E-state index contributed by atoms with van der Waals surface area (Å²) in [5.41, 5.74) is 2.02. The molecule has 0 radical (unpaired) electrons. The molecular formula is C20H35N5O2S. The first-order chi connectivity index (χ1) is 13.1. The van der Waals surface area contributed by atoms with Crippen molar-refractivity contribution in [3.8, 4) is 0 Å². The lowest BCUT2D eigenvalue weighted by Gasteiger charge is -2.37. The van der Waals surface area contributed by atoms with Crippen LogP contribution in [0.15, 0.2) is 29.3 Å². The molecule has 1 aromatic carbocycles. The molecule has 0 saturated carbocycles. The van der Waals surface area contributed by atoms with Crippen molar-refractivity contribution in [1.29, 1.82) is 0 Å². The topological polar surface area (TPSA) is 77.0 Å². The zero-order chi connectivity index (χ0) is 20.8. The maximum Gasteiger partial charge on any atom is 0.209 e. The fraction of sp³-hybridized carbons (Fsp3) is 0.650. The fourth-order valence-corrected chi connectivity index (χ4v) is 4.49. The summed E-state index contributed by atoms with van der Waals surface area (Å²) in [6, 6.07) is 8.67. The Hall–Kier alpha value is -1.64. The molecule has 28 heavy (non-hydrogen) atoms. The second-order valence-electron chi connectivity index (χ2n) is 8.18. The van der Waals surface area contributed by atoms with Crippen molar-refractivity contribution >= 4 is 16.0 Å². The first kappa shape index (κ1) is 22.6. The highest BCUT2D eigenvalue weighted by Gasteiger charge is 2.24. The van der Waals surface area contributed by atoms with Gasteiger partial charge in [0.1, 0.15) is 0 Å². The first-order valence-electron chi connectivity index (χ1n) is 9.88. The number of benzene rings is 1. The van der Waals surface area contributed by atoms with E-state index in [0.717, 1.165) is 45.2 Å². The molecule has 0 aliphatic carbocycles. The van der Waals surface area contributed by atoms with Gasteiger partial charge in [0, 0.05) is 44.8 Å². The van der Waals surface area contributed by atoms with Gasteiger partial charge in [-0.15, -0.1) is 0 Å². The number of nitrogens with one attached hydrogen (secondary N) is 2. The standard InChI is InChI=1S/C20H35N5O2S/c1-6-21-19(22-16-20(3,4)23-28(5,26)27)25-12-10-24(11-13-25)15-18-9-7-8-17(2)14-18/h7-9,14,23H,6,10-13,15-16H2,1-5H3,(H,21,22). The third kappa shape index (κ3) is 7.77. The molecule has 0 amide bonds. The van der Waals surface area contributed by atoms with Gasteiger partial charge in [-0.05, 0) is 33.3 Å². The summed E-state index contributed by atoms with van der Waals surface area (Å²) < 4.78 is 25.7. The SMILES string of the molecule is CCNC(=NCC(C)(C)NS(C)(=O)=O)N1CCN(Cc2cccc(C)c2)CC1. The number of hydrogen-bond acceptors (Lipinski definition) is 4. The van der Waals surface area contributed by atoms with Crippen LogP contribution in [0.25, 0.3) is 0 Å². The number of sulfonamides is 1. The quantitative estimate of drug-likeness (QED) is 0.526. The van der Waals surface area contributed by atoms with Crippen LogP contribution >= 0.6 is 0 Å². The maximum absolute atomic E-state index is 11.5. The molecule has 1 aliphatic rings. The molecule has 0 unspecified atom stereocenters. The van der Waals surface area contributed by atoms with Crippen molar-refractivity contribution in [3.63, 3.8) is 0 Å². The Morgan fingerprint density at radius 1 is 1.21 bits per heavy atom. The van der Waals surface area contributed by atoms with Gasteiger partial charge < -0.3 is 10.2 Å². The van der Waals surface area contributed by atoms with E-state index in [1.807, 2.05) is 20.8 Å². The number of aryl methyl sites for hydroxylation is 1. The van der Waals surface area contributed by atoms with Gasteiger partial charge in [0.25, 0.3) is 0 Å². The van der Waals surface area contributed by atoms with E-state index in [1.165, 1.54) is 17.4 Å². The van der Waals surface area contributed by atoms with E-state index in [4.69, 9.17) is 4.99 Å². The zero-order valence-electron chi connectivity index (χ0n) is 17.8. The molecule has 0 bridgehead atoms. The van der Waals surface area contributed by atoms with E-state index < -0.39 is 15.6 Å². The monoisotopic (exact) mass is 409 g/mol. The van der Waals surface area contributed by atoms with Crippen molar-refractivity contribution in [2.75, 3.05) is 45.5 Å². The van der Waals surface area contributed by atoms with Crippen LogP contribution in [-0.4, -0.2) is 75.2 Å². The largest absolute Gasteiger partial charge is 0.357 e. The summed E-state index contributed by atoms with van der Waals surface area (Å²) in [4.78, 5) is 9.42. The fourth-order valence-electron chi connectivity index (χ4n) is 3.42. The number of rotatable bonds is 7. The predicted molar refractivity (Wildman–Crippen MR) is 116 cm³/mol. The Kier molecular flexibility index (Phi) is 7.86. The molecule has 8 heteroatoms. The van der Waals surface area contributed by atoms with Gasteiger partial charge in [0.2, 0.25) is 10.0 Å². The van der Waals surface area contributed by atoms with Gasteiger partial charge in [-0.2, -0.15) is 0 Å². The average Bonchev–Trinajstić information content (AvgIpc) is 2.57. The lowest BCUT2D eigenvalue weighted by Crippen LogP contribution is -2.53. The highest BCUT2D eigenvalue weighted by atomic mass is 32.2. The number of hydrogen-bond donors (Lipinski definition) is 2. The van der Waals surface area contributed by atoms with Crippen molar-refractivity contribution < 1.29 is 8.42 Å². The third-order valence-corrected chi connectivity index (χ3v) is 5.50. The van der Waals surface area contributed by atoms with Crippen molar-refractivity contribution in [1.82, 2.24) is 19.8 Å². The highest BCUT2D eigenvalue weighted by molar-refractivity contribution is 7.88. The Morgan fingerprint density at radius 2 is 1.89 bits per heavy atom. The summed E-state index contributed by atoms with van der Waals surface area (Å²) in [6.45, 7) is 13.7. The second kappa shape index (κ2) is 9.71. The minimum atomic E-state index is -3.27. The highest BCUT2D eigenvalue weighted by Crippen LogP contribution is 2.11. The molecule has 2 rings (SSSR count). The van der Waals surface area contributed by atoms with Gasteiger partial charge >= 0.3 is 0 Å². The normalized spacial score (nSPS) is 17.0. The molecule has 1 aromatic rings. The minimum absolute atomic E-state index is 0.381. The van der Waals surface area contributed by atoms with Crippen LogP contribution in [0.4, 0.5) is 0 Å². The molecule has 2 N–H and O–H groups in total. The summed E-state index contributed by atoms with van der Waals surface area (Å²) in [5.74, 6) is 0.848. The lowest BCUT2D eigenvalue weighted by molar-refractivity contribution is 0.172. The number of piperazine rings is 1. The third-order valence-electron chi connectivity index (χ3n) is 4.58. The van der Waals surface area contributed by atoms with Crippen LogP contribution in [0, 0.1) is 6.92 Å². The van der Waals surface area contributed by atoms with Crippen molar-refractivity contribution in [2.24, 2.45) is 4.99 Å². The molecule has 1 aliphatic heterocycles. The minimum Gasteiger partial charge on any atom is -0.357 e. The molecule has 1 saturated heterocycles. The Labute approximate surface area is 170 Å². The molecule has 1 heterocycles. The smallest absolute Gasteiger partial charge is 0.209 e. The van der Waals surface area contributed by atoms with Gasteiger partial charge in [-0.1, -0.05) is 29.8 Å². The van der Waals surface area contributed by atoms with Gasteiger partial charge in [-0.3, -0.25) is 9.89 Å². The Morgan fingerprint density at radius 3 is 2.46 bits per heavy atom. The first-order valence-corrected chi connectivity index (χ1v) is 11.8. The Bertz CT molecular complexity index is 769. The Balaban J connectivity index is 1.94. The molecule has 1 fully saturated rings. The van der Waals surface area contributed by atoms with Crippen LogP contribution in [0.3, 0.4) is 0 Å². The van der Waals surface area contributed by atoms with E-state index in [-0.39, 0.29) is 0 Å². The van der Waals surface area contributed by atoms with Crippen molar-refractivity contribution in [3.05, 3.63) is 35.4 Å². The summed E-state index contributed by atoms with van der Waals surface area (Å²) >= 11 is 0. The molecular weight excluding hydrogens is 374 g/mol. The van der Waals surface area contributed by atoms with Crippen LogP contribution in [0.1, 0.15) is 31.9 Å².